The first-order valence-corrected chi connectivity index (χ1v) is 6.64. The number of aromatic nitrogens is 2. The second kappa shape index (κ2) is 5.54. The summed E-state index contributed by atoms with van der Waals surface area (Å²) >= 11 is 0. The van der Waals surface area contributed by atoms with Crippen molar-refractivity contribution in [2.45, 2.75) is 25.4 Å². The third-order valence-electron chi connectivity index (χ3n) is 3.27. The SMILES string of the molecule is COc1cc(F)ccc1-c1cncc(CNC2CC2)n1. The van der Waals surface area contributed by atoms with Gasteiger partial charge in [-0.3, -0.25) is 4.98 Å². The summed E-state index contributed by atoms with van der Waals surface area (Å²) in [7, 11) is 1.52. The number of rotatable bonds is 5. The van der Waals surface area contributed by atoms with E-state index in [-0.39, 0.29) is 5.82 Å². The molecule has 0 saturated heterocycles. The van der Waals surface area contributed by atoms with Gasteiger partial charge in [-0.15, -0.1) is 0 Å². The number of hydrogen-bond acceptors (Lipinski definition) is 4. The summed E-state index contributed by atoms with van der Waals surface area (Å²) in [6, 6.07) is 5.04. The molecule has 1 fully saturated rings. The quantitative estimate of drug-likeness (QED) is 0.909. The zero-order valence-corrected chi connectivity index (χ0v) is 11.3. The van der Waals surface area contributed by atoms with Crippen molar-refractivity contribution in [3.63, 3.8) is 0 Å². The zero-order valence-electron chi connectivity index (χ0n) is 11.3. The zero-order chi connectivity index (χ0) is 13.9. The van der Waals surface area contributed by atoms with E-state index in [4.69, 9.17) is 4.74 Å². The molecule has 1 aliphatic rings. The highest BCUT2D eigenvalue weighted by molar-refractivity contribution is 5.66. The molecule has 1 aliphatic carbocycles. The maximum Gasteiger partial charge on any atom is 0.131 e. The summed E-state index contributed by atoms with van der Waals surface area (Å²) in [5.74, 6) is 0.136. The van der Waals surface area contributed by atoms with E-state index in [1.165, 1.54) is 32.1 Å². The summed E-state index contributed by atoms with van der Waals surface area (Å²) in [6.07, 6.45) is 5.88. The molecule has 1 saturated carbocycles. The van der Waals surface area contributed by atoms with Crippen LogP contribution in [-0.2, 0) is 6.54 Å². The van der Waals surface area contributed by atoms with E-state index in [9.17, 15) is 4.39 Å². The van der Waals surface area contributed by atoms with Gasteiger partial charge < -0.3 is 10.1 Å². The van der Waals surface area contributed by atoms with Gasteiger partial charge in [-0.1, -0.05) is 0 Å². The molecule has 1 N–H and O–H groups in total. The van der Waals surface area contributed by atoms with Gasteiger partial charge in [0, 0.05) is 30.4 Å². The van der Waals surface area contributed by atoms with Crippen LogP contribution in [0, 0.1) is 5.82 Å². The van der Waals surface area contributed by atoms with Crippen molar-refractivity contribution in [3.05, 3.63) is 42.1 Å². The Morgan fingerprint density at radius 3 is 2.95 bits per heavy atom. The van der Waals surface area contributed by atoms with Crippen molar-refractivity contribution in [2.75, 3.05) is 7.11 Å². The molecule has 4 nitrogen and oxygen atoms in total. The molecule has 0 amide bonds. The van der Waals surface area contributed by atoms with Crippen LogP contribution in [-0.4, -0.2) is 23.1 Å². The van der Waals surface area contributed by atoms with E-state index in [0.29, 0.717) is 24.0 Å². The molecule has 1 heterocycles. The van der Waals surface area contributed by atoms with Crippen LogP contribution in [0.1, 0.15) is 18.5 Å². The summed E-state index contributed by atoms with van der Waals surface area (Å²) in [4.78, 5) is 8.76. The van der Waals surface area contributed by atoms with Crippen LogP contribution in [0.2, 0.25) is 0 Å². The standard InChI is InChI=1S/C15H16FN3O/c1-20-15-6-10(16)2-5-13(15)14-9-17-7-12(19-14)8-18-11-3-4-11/h2,5-7,9,11,18H,3-4,8H2,1H3. The normalized spacial score (nSPS) is 14.3. The largest absolute Gasteiger partial charge is 0.496 e. The topological polar surface area (TPSA) is 47.0 Å². The second-order valence-electron chi connectivity index (χ2n) is 4.90. The average molecular weight is 273 g/mol. The fourth-order valence-corrected chi connectivity index (χ4v) is 2.03. The van der Waals surface area contributed by atoms with Crippen LogP contribution in [0.25, 0.3) is 11.3 Å². The number of hydrogen-bond donors (Lipinski definition) is 1. The maximum absolute atomic E-state index is 13.2. The Bertz CT molecular complexity index is 614. The Morgan fingerprint density at radius 2 is 2.20 bits per heavy atom. The van der Waals surface area contributed by atoms with Crippen LogP contribution in [0.5, 0.6) is 5.75 Å². The molecule has 0 spiro atoms. The van der Waals surface area contributed by atoms with Crippen LogP contribution < -0.4 is 10.1 Å². The summed E-state index contributed by atoms with van der Waals surface area (Å²) in [6.45, 7) is 0.703. The first-order valence-electron chi connectivity index (χ1n) is 6.64. The Balaban J connectivity index is 1.86. The van der Waals surface area contributed by atoms with E-state index in [0.717, 1.165) is 11.3 Å². The van der Waals surface area contributed by atoms with Crippen molar-refractivity contribution < 1.29 is 9.13 Å². The third-order valence-corrected chi connectivity index (χ3v) is 3.27. The predicted molar refractivity (Wildman–Crippen MR) is 73.8 cm³/mol. The number of methoxy groups -OCH3 is 1. The lowest BCUT2D eigenvalue weighted by atomic mass is 10.1. The molecule has 0 bridgehead atoms. The van der Waals surface area contributed by atoms with E-state index in [1.807, 2.05) is 0 Å². The lowest BCUT2D eigenvalue weighted by Gasteiger charge is -2.09. The Hall–Kier alpha value is -2.01. The van der Waals surface area contributed by atoms with Crippen molar-refractivity contribution >= 4 is 0 Å². The molecule has 1 aromatic heterocycles. The van der Waals surface area contributed by atoms with Gasteiger partial charge in [0.2, 0.25) is 0 Å². The number of ether oxygens (including phenoxy) is 1. The van der Waals surface area contributed by atoms with Gasteiger partial charge in [-0.05, 0) is 25.0 Å². The third kappa shape index (κ3) is 2.93. The predicted octanol–water partition coefficient (Wildman–Crippen LogP) is 2.54. The van der Waals surface area contributed by atoms with Crippen molar-refractivity contribution in [1.82, 2.24) is 15.3 Å². The molecule has 0 radical (unpaired) electrons. The smallest absolute Gasteiger partial charge is 0.131 e. The highest BCUT2D eigenvalue weighted by Crippen LogP contribution is 2.29. The number of nitrogens with zero attached hydrogens (tertiary/aromatic N) is 2. The van der Waals surface area contributed by atoms with E-state index in [2.05, 4.69) is 15.3 Å². The summed E-state index contributed by atoms with van der Waals surface area (Å²) in [5, 5.41) is 3.40. The first kappa shape index (κ1) is 13.0. The average Bonchev–Trinajstić information content (AvgIpc) is 3.29. The van der Waals surface area contributed by atoms with Crippen LogP contribution >= 0.6 is 0 Å². The molecule has 5 heteroatoms. The molecule has 2 aromatic rings. The summed E-state index contributed by atoms with van der Waals surface area (Å²) < 4.78 is 18.4. The molecule has 0 atom stereocenters. The molecule has 0 unspecified atom stereocenters. The maximum atomic E-state index is 13.2. The van der Waals surface area contributed by atoms with Gasteiger partial charge >= 0.3 is 0 Å². The Morgan fingerprint density at radius 1 is 1.35 bits per heavy atom. The van der Waals surface area contributed by atoms with Crippen molar-refractivity contribution in [3.8, 4) is 17.0 Å². The van der Waals surface area contributed by atoms with Gasteiger partial charge in [-0.2, -0.15) is 0 Å². The number of nitrogens with one attached hydrogen (secondary N) is 1. The Kier molecular flexibility index (Phi) is 3.60. The highest BCUT2D eigenvalue weighted by Gasteiger charge is 2.20. The molecular weight excluding hydrogens is 257 g/mol. The Labute approximate surface area is 117 Å². The monoisotopic (exact) mass is 273 g/mol. The first-order chi connectivity index (χ1) is 9.76. The summed E-state index contributed by atoms with van der Waals surface area (Å²) in [5.41, 5.74) is 2.31. The van der Waals surface area contributed by atoms with Crippen molar-refractivity contribution in [1.29, 1.82) is 0 Å². The molecule has 1 aromatic carbocycles. The van der Waals surface area contributed by atoms with Crippen molar-refractivity contribution in [2.24, 2.45) is 0 Å². The molecule has 3 rings (SSSR count). The van der Waals surface area contributed by atoms with E-state index < -0.39 is 0 Å². The highest BCUT2D eigenvalue weighted by atomic mass is 19.1. The van der Waals surface area contributed by atoms with Gasteiger partial charge in [0.25, 0.3) is 0 Å². The van der Waals surface area contributed by atoms with Gasteiger partial charge in [0.05, 0.1) is 24.7 Å². The minimum atomic E-state index is -0.329. The van der Waals surface area contributed by atoms with Crippen LogP contribution in [0.15, 0.2) is 30.6 Å². The number of benzene rings is 1. The molecular formula is C15H16FN3O. The molecule has 20 heavy (non-hydrogen) atoms. The minimum absolute atomic E-state index is 0.329. The minimum Gasteiger partial charge on any atom is -0.496 e. The molecule has 104 valence electrons. The second-order valence-corrected chi connectivity index (χ2v) is 4.90. The molecule has 0 aliphatic heterocycles. The lowest BCUT2D eigenvalue weighted by Crippen LogP contribution is -2.16. The van der Waals surface area contributed by atoms with Gasteiger partial charge in [-0.25, -0.2) is 9.37 Å². The number of halogens is 1. The van der Waals surface area contributed by atoms with E-state index in [1.54, 1.807) is 18.5 Å². The lowest BCUT2D eigenvalue weighted by molar-refractivity contribution is 0.413. The van der Waals surface area contributed by atoms with Crippen LogP contribution in [0.4, 0.5) is 4.39 Å². The van der Waals surface area contributed by atoms with Crippen LogP contribution in [0.3, 0.4) is 0 Å². The fourth-order valence-electron chi connectivity index (χ4n) is 2.03. The fraction of sp³-hybridized carbons (Fsp3) is 0.333. The van der Waals surface area contributed by atoms with E-state index >= 15 is 0 Å². The van der Waals surface area contributed by atoms with Gasteiger partial charge in [0.15, 0.2) is 0 Å². The van der Waals surface area contributed by atoms with Gasteiger partial charge in [0.1, 0.15) is 11.6 Å².